The van der Waals surface area contributed by atoms with Crippen LogP contribution in [0.25, 0.3) is 10.9 Å². The second kappa shape index (κ2) is 13.0. The van der Waals surface area contributed by atoms with Crippen molar-refractivity contribution in [1.29, 1.82) is 0 Å². The van der Waals surface area contributed by atoms with E-state index in [1.807, 2.05) is 47.8 Å². The van der Waals surface area contributed by atoms with E-state index in [4.69, 9.17) is 10.9 Å². The van der Waals surface area contributed by atoms with Crippen LogP contribution in [0.5, 0.6) is 0 Å². The van der Waals surface area contributed by atoms with Crippen LogP contribution in [0.2, 0.25) is 0 Å². The number of para-hydroxylation sites is 1. The lowest BCUT2D eigenvalue weighted by Gasteiger charge is -2.27. The van der Waals surface area contributed by atoms with E-state index in [1.165, 1.54) is 0 Å². The number of nitrogens with one attached hydrogen (secondary N) is 3. The molecule has 2 aliphatic rings. The Morgan fingerprint density at radius 3 is 2.64 bits per heavy atom. The molecule has 9 nitrogen and oxygen atoms in total. The Kier molecular flexibility index (Phi) is 10.4. The predicted octanol–water partition coefficient (Wildman–Crippen LogP) is 2.94. The zero-order valence-corrected chi connectivity index (χ0v) is 22.5. The second-order valence-electron chi connectivity index (χ2n) is 9.05. The summed E-state index contributed by atoms with van der Waals surface area (Å²) in [5.41, 5.74) is 9.78. The molecule has 2 saturated heterocycles. The van der Waals surface area contributed by atoms with Gasteiger partial charge in [0.1, 0.15) is 12.1 Å². The van der Waals surface area contributed by atoms with Crippen LogP contribution in [0.4, 0.5) is 0 Å². The van der Waals surface area contributed by atoms with E-state index < -0.39 is 12.1 Å². The first-order valence-corrected chi connectivity index (χ1v) is 14.0. The first kappa shape index (κ1) is 28.6. The zero-order chi connectivity index (χ0) is 24.8. The molecule has 12 heteroatoms. The number of hydroxylamine groups is 1. The molecule has 0 unspecified atom stereocenters. The molecule has 2 fully saturated rings. The molecule has 2 aliphatic heterocycles. The van der Waals surface area contributed by atoms with E-state index in [9.17, 15) is 14.4 Å². The van der Waals surface area contributed by atoms with Crippen LogP contribution in [0.1, 0.15) is 50.1 Å². The number of aromatic nitrogens is 1. The van der Waals surface area contributed by atoms with Crippen LogP contribution < -0.4 is 16.5 Å². The lowest BCUT2D eigenvalue weighted by Crippen LogP contribution is -2.48. The van der Waals surface area contributed by atoms with E-state index in [1.54, 1.807) is 16.6 Å². The van der Waals surface area contributed by atoms with Crippen molar-refractivity contribution in [3.8, 4) is 0 Å². The quantitative estimate of drug-likeness (QED) is 0.172. The lowest BCUT2D eigenvalue weighted by atomic mass is 10.0. The zero-order valence-electron chi connectivity index (χ0n) is 20.0. The van der Waals surface area contributed by atoms with Gasteiger partial charge in [-0.3, -0.25) is 19.6 Å². The maximum Gasteiger partial charge on any atom is 0.244 e. The predicted molar refractivity (Wildman–Crippen MR) is 146 cm³/mol. The third-order valence-corrected chi connectivity index (χ3v) is 10.1. The van der Waals surface area contributed by atoms with Gasteiger partial charge in [0.25, 0.3) is 0 Å². The number of rotatable bonds is 10. The van der Waals surface area contributed by atoms with Gasteiger partial charge in [-0.25, -0.2) is 5.48 Å². The third kappa shape index (κ3) is 6.49. The molecule has 0 saturated carbocycles. The van der Waals surface area contributed by atoms with Crippen LogP contribution in [0.3, 0.4) is 0 Å². The molecule has 2 aromatic rings. The van der Waals surface area contributed by atoms with Crippen molar-refractivity contribution >= 4 is 64.6 Å². The van der Waals surface area contributed by atoms with Gasteiger partial charge in [0.2, 0.25) is 17.7 Å². The molecule has 4 rings (SSSR count). The number of hydrogen-bond acceptors (Lipinski definition) is 7. The number of benzene rings is 1. The van der Waals surface area contributed by atoms with Crippen LogP contribution >= 0.6 is 35.9 Å². The van der Waals surface area contributed by atoms with Crippen molar-refractivity contribution in [2.45, 2.75) is 54.7 Å². The maximum absolute atomic E-state index is 13.6. The lowest BCUT2D eigenvalue weighted by molar-refractivity contribution is -0.139. The number of hydrogen-bond donors (Lipinski definition) is 5. The van der Waals surface area contributed by atoms with Crippen molar-refractivity contribution in [2.75, 3.05) is 24.6 Å². The number of carbonyl (C=O) groups is 3. The third-order valence-electron chi connectivity index (χ3n) is 6.67. The first-order chi connectivity index (χ1) is 16.9. The number of H-pyrrole nitrogens is 1. The Morgan fingerprint density at radius 2 is 1.89 bits per heavy atom. The molecular weight excluding hydrogens is 522 g/mol. The van der Waals surface area contributed by atoms with E-state index in [0.29, 0.717) is 25.9 Å². The number of thioether (sulfide) groups is 2. The topological polar surface area (TPSA) is 141 Å². The molecule has 6 N–H and O–H groups in total. The summed E-state index contributed by atoms with van der Waals surface area (Å²) in [5.74, 6) is 1.30. The van der Waals surface area contributed by atoms with Gasteiger partial charge in [-0.2, -0.15) is 0 Å². The average molecular weight is 556 g/mol. The second-order valence-corrected chi connectivity index (χ2v) is 12.3. The van der Waals surface area contributed by atoms with Gasteiger partial charge in [0.15, 0.2) is 0 Å². The Morgan fingerprint density at radius 1 is 1.17 bits per heavy atom. The molecule has 0 aliphatic carbocycles. The molecule has 3 heterocycles. The van der Waals surface area contributed by atoms with Gasteiger partial charge in [-0.05, 0) is 18.9 Å². The summed E-state index contributed by atoms with van der Waals surface area (Å²) in [6.07, 6.45) is 5.88. The van der Waals surface area contributed by atoms with Crippen LogP contribution in [-0.2, 0) is 14.4 Å². The number of halogens is 1. The summed E-state index contributed by atoms with van der Waals surface area (Å²) in [6.45, 7) is 1.04. The SMILES string of the molecule is Cl.N[C@H](C(=O)N1CC2(C[C@H]1C(=O)NCCCCCCC(=O)NO)SCCS2)c1c[nH]c2ccccc12. The molecule has 0 radical (unpaired) electrons. The highest BCUT2D eigenvalue weighted by Gasteiger charge is 2.51. The number of carbonyl (C=O) groups excluding carboxylic acids is 3. The molecule has 0 bridgehead atoms. The summed E-state index contributed by atoms with van der Waals surface area (Å²) in [5, 5.41) is 12.5. The molecular formula is C24H34ClN5O4S2. The van der Waals surface area contributed by atoms with E-state index in [2.05, 4.69) is 10.3 Å². The number of nitrogens with two attached hydrogens (primary N) is 1. The highest BCUT2D eigenvalue weighted by molar-refractivity contribution is 8.21. The van der Waals surface area contributed by atoms with E-state index in [-0.39, 0.29) is 40.6 Å². The van der Waals surface area contributed by atoms with Gasteiger partial charge in [0.05, 0.1) is 4.08 Å². The number of nitrogens with zero attached hydrogens (tertiary/aromatic N) is 1. The Bertz CT molecular complexity index is 1060. The Balaban J connectivity index is 0.00000361. The molecule has 198 valence electrons. The smallest absolute Gasteiger partial charge is 0.244 e. The van der Waals surface area contributed by atoms with Gasteiger partial charge in [-0.15, -0.1) is 35.9 Å². The molecule has 36 heavy (non-hydrogen) atoms. The van der Waals surface area contributed by atoms with Crippen molar-refractivity contribution in [3.63, 3.8) is 0 Å². The van der Waals surface area contributed by atoms with Crippen molar-refractivity contribution < 1.29 is 19.6 Å². The summed E-state index contributed by atoms with van der Waals surface area (Å²) in [6, 6.07) is 6.37. The summed E-state index contributed by atoms with van der Waals surface area (Å²) in [7, 11) is 0. The minimum atomic E-state index is -0.843. The fraction of sp³-hybridized carbons (Fsp3) is 0.542. The van der Waals surface area contributed by atoms with Crippen LogP contribution in [-0.4, -0.2) is 67.5 Å². The van der Waals surface area contributed by atoms with Gasteiger partial charge >= 0.3 is 0 Å². The standard InChI is InChI=1S/C24H33N5O4S2.ClH/c25-21(17-14-27-18-8-5-4-7-16(17)18)23(32)29-15-24(34-11-12-35-24)13-19(29)22(31)26-10-6-2-1-3-9-20(30)28-33;/h4-5,7-8,14,19,21,27,33H,1-3,6,9-13,15,25H2,(H,26,31)(H,28,30);1H/t19-,21-;/m0./s1. The normalized spacial score (nSPS) is 19.3. The number of likely N-dealkylation sites (tertiary alicyclic amines) is 1. The molecule has 1 aromatic heterocycles. The Labute approximate surface area is 225 Å². The van der Waals surface area contributed by atoms with Gasteiger partial charge in [-0.1, -0.05) is 31.0 Å². The fourth-order valence-corrected chi connectivity index (χ4v) is 8.08. The summed E-state index contributed by atoms with van der Waals surface area (Å²) < 4.78 is -0.148. The minimum absolute atomic E-state index is 0. The number of aromatic amines is 1. The highest BCUT2D eigenvalue weighted by Crippen LogP contribution is 2.52. The van der Waals surface area contributed by atoms with Crippen LogP contribution in [0.15, 0.2) is 30.5 Å². The number of amides is 3. The number of unbranched alkanes of at least 4 members (excludes halogenated alkanes) is 3. The highest BCUT2D eigenvalue weighted by atomic mass is 35.5. The summed E-state index contributed by atoms with van der Waals surface area (Å²) >= 11 is 3.68. The largest absolute Gasteiger partial charge is 0.361 e. The van der Waals surface area contributed by atoms with Crippen LogP contribution in [0, 0.1) is 0 Å². The van der Waals surface area contributed by atoms with E-state index >= 15 is 0 Å². The Hall–Kier alpha value is -1.92. The molecule has 1 aromatic carbocycles. The van der Waals surface area contributed by atoms with Gasteiger partial charge in [0, 0.05) is 60.1 Å². The monoisotopic (exact) mass is 555 g/mol. The van der Waals surface area contributed by atoms with Crippen molar-refractivity contribution in [2.24, 2.45) is 5.73 Å². The fourth-order valence-electron chi connectivity index (χ4n) is 4.82. The molecule has 1 spiro atoms. The van der Waals surface area contributed by atoms with Crippen molar-refractivity contribution in [1.82, 2.24) is 20.7 Å². The average Bonchev–Trinajstić information content (AvgIpc) is 3.61. The first-order valence-electron chi connectivity index (χ1n) is 12.0. The summed E-state index contributed by atoms with van der Waals surface area (Å²) in [4.78, 5) is 42.7. The molecule has 3 amide bonds. The van der Waals surface area contributed by atoms with Crippen molar-refractivity contribution in [3.05, 3.63) is 36.0 Å². The minimum Gasteiger partial charge on any atom is -0.361 e. The number of fused-ring (bicyclic) bond motifs is 1. The van der Waals surface area contributed by atoms with E-state index in [0.717, 1.165) is 47.2 Å². The molecule has 2 atom stereocenters. The maximum atomic E-state index is 13.6. The van der Waals surface area contributed by atoms with Gasteiger partial charge < -0.3 is 20.9 Å².